The summed E-state index contributed by atoms with van der Waals surface area (Å²) >= 11 is 0. The Morgan fingerprint density at radius 1 is 0.348 bits per heavy atom. The fourth-order valence-electron chi connectivity index (χ4n) is 9.02. The average molecular weight is 919 g/mol. The first-order valence-electron chi connectivity index (χ1n) is 26.9. The first-order chi connectivity index (χ1) is 32.1. The van der Waals surface area contributed by atoms with E-state index >= 15 is 0 Å². The Morgan fingerprint density at radius 2 is 0.561 bits per heavy atom. The predicted octanol–water partition coefficient (Wildman–Crippen LogP) is 14.8. The fourth-order valence-corrected chi connectivity index (χ4v) is 9.02. The summed E-state index contributed by atoms with van der Waals surface area (Å²) in [5.74, 6) is -2.51. The third-order valence-corrected chi connectivity index (χ3v) is 13.3. The van der Waals surface area contributed by atoms with Crippen molar-refractivity contribution in [1.29, 1.82) is 0 Å². The number of hydrogen-bond donors (Lipinski definition) is 6. The third kappa shape index (κ3) is 25.2. The number of Topliss-reactive ketones (excluding diaryl/α,β-unsaturated/α-hetero) is 2. The van der Waals surface area contributed by atoms with Crippen molar-refractivity contribution in [1.82, 2.24) is 0 Å². The number of carbonyl (C=O) groups is 2. The van der Waals surface area contributed by atoms with Gasteiger partial charge >= 0.3 is 0 Å². The van der Waals surface area contributed by atoms with Crippen LogP contribution in [-0.2, 0) is 9.59 Å². The van der Waals surface area contributed by atoms with Crippen molar-refractivity contribution in [2.24, 2.45) is 0 Å². The van der Waals surface area contributed by atoms with Gasteiger partial charge in [-0.05, 0) is 24.0 Å². The second kappa shape index (κ2) is 38.6. The summed E-state index contributed by atoms with van der Waals surface area (Å²) < 4.78 is 0. The summed E-state index contributed by atoms with van der Waals surface area (Å²) in [5.41, 5.74) is 0.324. The zero-order chi connectivity index (χ0) is 48.0. The number of aliphatic hydroxyl groups excluding tert-OH is 6. The molecule has 0 aliphatic carbocycles. The van der Waals surface area contributed by atoms with E-state index in [0.29, 0.717) is 24.0 Å². The number of ketones is 2. The second-order valence-electron chi connectivity index (χ2n) is 19.1. The Balaban J connectivity index is 1.90. The van der Waals surface area contributed by atoms with E-state index in [1.165, 1.54) is 154 Å². The van der Waals surface area contributed by atoms with Gasteiger partial charge in [-0.15, -0.1) is 0 Å². The van der Waals surface area contributed by atoms with Crippen LogP contribution >= 0.6 is 0 Å². The number of rotatable bonds is 43. The molecule has 0 spiro atoms. The van der Waals surface area contributed by atoms with Gasteiger partial charge in [0.15, 0.2) is 11.6 Å². The minimum Gasteiger partial charge on any atom is -0.509 e. The van der Waals surface area contributed by atoms with E-state index in [1.54, 1.807) is 60.7 Å². The average Bonchev–Trinajstić information content (AvgIpc) is 3.33. The summed E-state index contributed by atoms with van der Waals surface area (Å²) in [5, 5.41) is 67.4. The normalized spacial score (nSPS) is 14.3. The van der Waals surface area contributed by atoms with Gasteiger partial charge in [0.2, 0.25) is 0 Å². The van der Waals surface area contributed by atoms with Gasteiger partial charge in [0.25, 0.3) is 0 Å². The number of carbonyl (C=O) groups excluding carboxylic acids is 2. The number of unbranched alkanes of at least 4 members (excludes halogenated alkanes) is 30. The summed E-state index contributed by atoms with van der Waals surface area (Å²) in [6.07, 6.45) is 29.9. The topological polar surface area (TPSA) is 156 Å². The van der Waals surface area contributed by atoms with E-state index < -0.39 is 47.5 Å². The van der Waals surface area contributed by atoms with Gasteiger partial charge in [0, 0.05) is 12.8 Å². The van der Waals surface area contributed by atoms with Crippen molar-refractivity contribution in [3.63, 3.8) is 0 Å². The molecule has 0 unspecified atom stereocenters. The van der Waals surface area contributed by atoms with E-state index in [1.807, 2.05) is 0 Å². The van der Waals surface area contributed by atoms with Crippen molar-refractivity contribution in [3.8, 4) is 0 Å². The Bertz CT molecular complexity index is 1450. The van der Waals surface area contributed by atoms with Crippen molar-refractivity contribution in [2.45, 2.75) is 257 Å². The molecule has 0 heterocycles. The first-order valence-corrected chi connectivity index (χ1v) is 26.9. The monoisotopic (exact) mass is 919 g/mol. The summed E-state index contributed by atoms with van der Waals surface area (Å²) in [6.45, 7) is 4.51. The number of aliphatic hydroxyl groups is 6. The molecule has 2 aromatic carbocycles. The first kappa shape index (κ1) is 58.8. The highest BCUT2D eigenvalue weighted by Gasteiger charge is 2.38. The summed E-state index contributed by atoms with van der Waals surface area (Å²) in [6, 6.07) is 16.7. The van der Waals surface area contributed by atoms with Crippen LogP contribution in [0.1, 0.15) is 243 Å². The van der Waals surface area contributed by atoms with Gasteiger partial charge in [0.1, 0.15) is 35.9 Å². The molecule has 0 aromatic heterocycles. The van der Waals surface area contributed by atoms with Gasteiger partial charge in [-0.1, -0.05) is 267 Å². The van der Waals surface area contributed by atoms with Gasteiger partial charge in [-0.2, -0.15) is 0 Å². The SMILES string of the molecule is CCCCCCCCCCCCCCCCCCC(=O)C(=C(O)[C@@H](O)[C@@H](O)[C@H](O)[C@@H](O)C(O)=C(C(=O)CCCCCCCCCCCCCCCCCC)c1ccccc1)c1ccccc1. The second-order valence-corrected chi connectivity index (χ2v) is 19.1. The van der Waals surface area contributed by atoms with Crippen LogP contribution in [0.2, 0.25) is 0 Å². The highest BCUT2D eigenvalue weighted by Crippen LogP contribution is 2.29. The van der Waals surface area contributed by atoms with Crippen LogP contribution in [0, 0.1) is 0 Å². The van der Waals surface area contributed by atoms with E-state index in [4.69, 9.17) is 0 Å². The van der Waals surface area contributed by atoms with Crippen molar-refractivity contribution < 1.29 is 40.2 Å². The van der Waals surface area contributed by atoms with Crippen molar-refractivity contribution in [3.05, 3.63) is 83.3 Å². The molecule has 0 aliphatic heterocycles. The molecular weight excluding hydrogens is 825 g/mol. The maximum absolute atomic E-state index is 13.6. The minimum atomic E-state index is -2.23. The van der Waals surface area contributed by atoms with Gasteiger partial charge in [0.05, 0.1) is 11.1 Å². The molecular formula is C58H94O8. The molecule has 374 valence electrons. The zero-order valence-electron chi connectivity index (χ0n) is 41.6. The fraction of sp³-hybridized carbons (Fsp3) is 0.690. The van der Waals surface area contributed by atoms with Crippen LogP contribution in [0.25, 0.3) is 11.1 Å². The predicted molar refractivity (Wildman–Crippen MR) is 274 cm³/mol. The Hall–Kier alpha value is -3.30. The van der Waals surface area contributed by atoms with Crippen LogP contribution in [0.4, 0.5) is 0 Å². The van der Waals surface area contributed by atoms with Crippen molar-refractivity contribution >= 4 is 22.7 Å². The van der Waals surface area contributed by atoms with Crippen LogP contribution < -0.4 is 0 Å². The zero-order valence-corrected chi connectivity index (χ0v) is 41.6. The molecule has 0 saturated heterocycles. The molecule has 0 bridgehead atoms. The molecule has 0 amide bonds. The molecule has 2 rings (SSSR count). The van der Waals surface area contributed by atoms with E-state index in [9.17, 15) is 40.2 Å². The smallest absolute Gasteiger partial charge is 0.166 e. The summed E-state index contributed by atoms with van der Waals surface area (Å²) in [4.78, 5) is 27.3. The number of hydrogen-bond acceptors (Lipinski definition) is 8. The molecule has 66 heavy (non-hydrogen) atoms. The van der Waals surface area contributed by atoms with Crippen LogP contribution in [0.15, 0.2) is 72.2 Å². The highest BCUT2D eigenvalue weighted by molar-refractivity contribution is 6.22. The Kier molecular flexibility index (Phi) is 34.4. The highest BCUT2D eigenvalue weighted by atomic mass is 16.4. The van der Waals surface area contributed by atoms with Gasteiger partial charge in [-0.25, -0.2) is 0 Å². The van der Waals surface area contributed by atoms with E-state index in [2.05, 4.69) is 13.8 Å². The molecule has 0 radical (unpaired) electrons. The van der Waals surface area contributed by atoms with E-state index in [-0.39, 0.29) is 24.0 Å². The lowest BCUT2D eigenvalue weighted by molar-refractivity contribution is -0.116. The van der Waals surface area contributed by atoms with E-state index in [0.717, 1.165) is 38.5 Å². The quantitative estimate of drug-likeness (QED) is 0.0218. The lowest BCUT2D eigenvalue weighted by atomic mass is 9.90. The number of allylic oxidation sites excluding steroid dienone is 2. The molecule has 0 fully saturated rings. The molecule has 6 N–H and O–H groups in total. The molecule has 0 saturated carbocycles. The Morgan fingerprint density at radius 3 is 0.788 bits per heavy atom. The molecule has 4 atom stereocenters. The largest absolute Gasteiger partial charge is 0.509 e. The standard InChI is InChI=1S/C58H94O8/c1-3-5-7-9-11-13-15-17-19-21-23-25-27-29-31-39-45-49(59)51(47-41-35-33-36-42-47)53(61)55(63)57(65)58(66)56(64)54(62)52(48-43-37-34-38-44-48)50(60)46-40-32-30-28-26-24-22-20-18-16-14-12-10-8-6-4-2/h33-38,41-44,55-58,61-66H,3-32,39-40,45-46H2,1-2H3/t55-,56+,57-,58-/m1/s1. The molecule has 2 aromatic rings. The Labute approximate surface area is 401 Å². The molecule has 8 nitrogen and oxygen atoms in total. The molecule has 0 aliphatic rings. The van der Waals surface area contributed by atoms with Crippen molar-refractivity contribution in [2.75, 3.05) is 0 Å². The van der Waals surface area contributed by atoms with Gasteiger partial charge in [-0.3, -0.25) is 9.59 Å². The number of benzene rings is 2. The van der Waals surface area contributed by atoms with Crippen LogP contribution in [0.3, 0.4) is 0 Å². The van der Waals surface area contributed by atoms with Gasteiger partial charge < -0.3 is 30.6 Å². The van der Waals surface area contributed by atoms with Crippen LogP contribution in [0.5, 0.6) is 0 Å². The summed E-state index contributed by atoms with van der Waals surface area (Å²) in [7, 11) is 0. The third-order valence-electron chi connectivity index (χ3n) is 13.3. The lowest BCUT2D eigenvalue weighted by Crippen LogP contribution is -2.46. The lowest BCUT2D eigenvalue weighted by Gasteiger charge is -2.27. The minimum absolute atomic E-state index is 0.117. The molecule has 8 heteroatoms. The maximum Gasteiger partial charge on any atom is 0.166 e. The van der Waals surface area contributed by atoms with Crippen LogP contribution in [-0.4, -0.2) is 66.6 Å². The maximum atomic E-state index is 13.6.